The summed E-state index contributed by atoms with van der Waals surface area (Å²) in [7, 11) is 4.00. The van der Waals surface area contributed by atoms with E-state index in [9.17, 15) is 0 Å². The maximum Gasteiger partial charge on any atom is 0.147 e. The molecule has 0 spiro atoms. The van der Waals surface area contributed by atoms with E-state index in [-0.39, 0.29) is 0 Å². The van der Waals surface area contributed by atoms with E-state index < -0.39 is 0 Å². The number of benzene rings is 1. The van der Waals surface area contributed by atoms with Crippen LogP contribution >= 0.6 is 11.8 Å². The van der Waals surface area contributed by atoms with Crippen molar-refractivity contribution in [2.45, 2.75) is 18.5 Å². The lowest BCUT2D eigenvalue weighted by molar-refractivity contribution is 0.675. The molecule has 0 fully saturated rings. The van der Waals surface area contributed by atoms with Gasteiger partial charge in [0.15, 0.2) is 0 Å². The normalized spacial score (nSPS) is 10.7. The minimum Gasteiger partial charge on any atom is -0.382 e. The first kappa shape index (κ1) is 13.8. The predicted molar refractivity (Wildman–Crippen MR) is 82.9 cm³/mol. The number of anilines is 2. The monoisotopic (exact) mass is 276 g/mol. The van der Waals surface area contributed by atoms with Crippen LogP contribution in [0.1, 0.15) is 12.5 Å². The molecule has 0 aliphatic carbocycles. The van der Waals surface area contributed by atoms with Crippen LogP contribution in [0.5, 0.6) is 0 Å². The fraction of sp³-hybridized carbons (Fsp3) is 0.357. The van der Waals surface area contributed by atoms with Crippen LogP contribution in [0.15, 0.2) is 35.4 Å². The Morgan fingerprint density at radius 2 is 1.95 bits per heavy atom. The third-order valence-corrected chi connectivity index (χ3v) is 3.68. The van der Waals surface area contributed by atoms with Gasteiger partial charge < -0.3 is 10.6 Å². The van der Waals surface area contributed by atoms with E-state index in [1.807, 2.05) is 41.9 Å². The summed E-state index contributed by atoms with van der Waals surface area (Å²) in [6.07, 6.45) is 0. The number of nitrogens with zero attached hydrogens (tertiary/aromatic N) is 3. The van der Waals surface area contributed by atoms with Crippen LogP contribution in [-0.2, 0) is 6.54 Å². The second-order valence-corrected chi connectivity index (χ2v) is 5.76. The highest BCUT2D eigenvalue weighted by atomic mass is 32.2. The van der Waals surface area contributed by atoms with Gasteiger partial charge in [-0.2, -0.15) is 5.10 Å². The molecule has 0 saturated heterocycles. The van der Waals surface area contributed by atoms with Crippen molar-refractivity contribution in [3.8, 4) is 0 Å². The van der Waals surface area contributed by atoms with E-state index in [1.54, 1.807) is 11.8 Å². The first-order valence-corrected chi connectivity index (χ1v) is 7.32. The van der Waals surface area contributed by atoms with E-state index in [0.29, 0.717) is 6.54 Å². The smallest absolute Gasteiger partial charge is 0.147 e. The molecule has 2 aromatic rings. The van der Waals surface area contributed by atoms with Gasteiger partial charge in [0, 0.05) is 14.1 Å². The number of nitrogens with two attached hydrogens (primary N) is 1. The minimum atomic E-state index is 0.706. The van der Waals surface area contributed by atoms with Gasteiger partial charge in [-0.05, 0) is 11.3 Å². The van der Waals surface area contributed by atoms with Gasteiger partial charge >= 0.3 is 0 Å². The largest absolute Gasteiger partial charge is 0.382 e. The number of hydrogen-bond donors (Lipinski definition) is 1. The first-order chi connectivity index (χ1) is 9.13. The number of thioether (sulfide) groups is 1. The Morgan fingerprint density at radius 1 is 1.26 bits per heavy atom. The molecule has 0 saturated carbocycles. The fourth-order valence-electron chi connectivity index (χ4n) is 1.97. The van der Waals surface area contributed by atoms with Crippen molar-refractivity contribution in [2.75, 3.05) is 30.5 Å². The van der Waals surface area contributed by atoms with E-state index in [0.717, 1.165) is 22.3 Å². The average Bonchev–Trinajstić information content (AvgIpc) is 2.68. The molecule has 0 unspecified atom stereocenters. The molecular weight excluding hydrogens is 256 g/mol. The van der Waals surface area contributed by atoms with E-state index in [1.165, 1.54) is 5.56 Å². The number of nitrogen functional groups attached to an aromatic ring is 1. The van der Waals surface area contributed by atoms with Crippen molar-refractivity contribution in [3.63, 3.8) is 0 Å². The van der Waals surface area contributed by atoms with Crippen LogP contribution in [0.2, 0.25) is 0 Å². The van der Waals surface area contributed by atoms with Gasteiger partial charge in [-0.1, -0.05) is 37.3 Å². The molecule has 0 atom stereocenters. The van der Waals surface area contributed by atoms with Crippen molar-refractivity contribution < 1.29 is 0 Å². The quantitative estimate of drug-likeness (QED) is 0.853. The maximum atomic E-state index is 6.23. The Morgan fingerprint density at radius 3 is 2.53 bits per heavy atom. The van der Waals surface area contributed by atoms with Crippen LogP contribution in [0.3, 0.4) is 0 Å². The van der Waals surface area contributed by atoms with Gasteiger partial charge in [-0.3, -0.25) is 0 Å². The Kier molecular flexibility index (Phi) is 4.37. The molecule has 0 radical (unpaired) electrons. The zero-order valence-electron chi connectivity index (χ0n) is 11.6. The molecule has 0 aliphatic heterocycles. The van der Waals surface area contributed by atoms with Crippen LogP contribution in [-0.4, -0.2) is 29.6 Å². The summed E-state index contributed by atoms with van der Waals surface area (Å²) in [5, 5.41) is 5.63. The SMILES string of the molecule is CCSc1nn(Cc2ccccc2)c(N)c1N(C)C. The van der Waals surface area contributed by atoms with Crippen molar-refractivity contribution in [3.05, 3.63) is 35.9 Å². The lowest BCUT2D eigenvalue weighted by Crippen LogP contribution is -2.12. The average molecular weight is 276 g/mol. The van der Waals surface area contributed by atoms with Gasteiger partial charge in [-0.15, -0.1) is 11.8 Å². The van der Waals surface area contributed by atoms with Crippen LogP contribution < -0.4 is 10.6 Å². The fourth-order valence-corrected chi connectivity index (χ4v) is 2.83. The summed E-state index contributed by atoms with van der Waals surface area (Å²) < 4.78 is 1.88. The Balaban J connectivity index is 2.33. The van der Waals surface area contributed by atoms with E-state index in [2.05, 4.69) is 24.2 Å². The Bertz CT molecular complexity index is 534. The van der Waals surface area contributed by atoms with Crippen LogP contribution in [0, 0.1) is 0 Å². The summed E-state index contributed by atoms with van der Waals surface area (Å²) >= 11 is 1.72. The Hall–Kier alpha value is -1.62. The summed E-state index contributed by atoms with van der Waals surface area (Å²) in [5.41, 5.74) is 8.45. The molecule has 2 rings (SSSR count). The molecule has 1 heterocycles. The molecule has 2 N–H and O–H groups in total. The molecule has 5 heteroatoms. The van der Waals surface area contributed by atoms with Crippen molar-refractivity contribution in [2.24, 2.45) is 0 Å². The summed E-state index contributed by atoms with van der Waals surface area (Å²) in [6, 6.07) is 10.2. The summed E-state index contributed by atoms with van der Waals surface area (Å²) in [6.45, 7) is 2.83. The predicted octanol–water partition coefficient (Wildman–Crippen LogP) is 2.69. The van der Waals surface area contributed by atoms with Gasteiger partial charge in [-0.25, -0.2) is 4.68 Å². The first-order valence-electron chi connectivity index (χ1n) is 6.33. The van der Waals surface area contributed by atoms with Crippen molar-refractivity contribution in [1.82, 2.24) is 9.78 Å². The van der Waals surface area contributed by atoms with Gasteiger partial charge in [0.2, 0.25) is 0 Å². The zero-order chi connectivity index (χ0) is 13.8. The van der Waals surface area contributed by atoms with Gasteiger partial charge in [0.1, 0.15) is 16.5 Å². The van der Waals surface area contributed by atoms with Crippen LogP contribution in [0.25, 0.3) is 0 Å². The third kappa shape index (κ3) is 3.04. The summed E-state index contributed by atoms with van der Waals surface area (Å²) in [5.74, 6) is 1.72. The van der Waals surface area contributed by atoms with Crippen molar-refractivity contribution in [1.29, 1.82) is 0 Å². The number of hydrogen-bond acceptors (Lipinski definition) is 4. The van der Waals surface area contributed by atoms with E-state index >= 15 is 0 Å². The molecule has 19 heavy (non-hydrogen) atoms. The van der Waals surface area contributed by atoms with E-state index in [4.69, 9.17) is 5.73 Å². The molecule has 0 aliphatic rings. The zero-order valence-corrected chi connectivity index (χ0v) is 12.4. The lowest BCUT2D eigenvalue weighted by Gasteiger charge is -2.13. The second kappa shape index (κ2) is 6.02. The molecule has 0 bridgehead atoms. The topological polar surface area (TPSA) is 47.1 Å². The Labute approximate surface area is 118 Å². The molecule has 0 amide bonds. The highest BCUT2D eigenvalue weighted by Crippen LogP contribution is 2.33. The van der Waals surface area contributed by atoms with Gasteiger partial charge in [0.25, 0.3) is 0 Å². The lowest BCUT2D eigenvalue weighted by atomic mass is 10.2. The molecule has 1 aromatic heterocycles. The molecular formula is C14H20N4S. The maximum absolute atomic E-state index is 6.23. The highest BCUT2D eigenvalue weighted by Gasteiger charge is 2.17. The second-order valence-electron chi connectivity index (χ2n) is 4.51. The molecule has 4 nitrogen and oxygen atoms in total. The number of rotatable bonds is 5. The molecule has 102 valence electrons. The van der Waals surface area contributed by atoms with Crippen molar-refractivity contribution >= 4 is 23.3 Å². The molecule has 1 aromatic carbocycles. The van der Waals surface area contributed by atoms with Crippen LogP contribution in [0.4, 0.5) is 11.5 Å². The number of aromatic nitrogens is 2. The minimum absolute atomic E-state index is 0.706. The summed E-state index contributed by atoms with van der Waals surface area (Å²) in [4.78, 5) is 2.03. The third-order valence-electron chi connectivity index (χ3n) is 2.84. The standard InChI is InChI=1S/C14H20N4S/c1-4-19-14-12(17(2)3)13(15)18(16-14)10-11-8-6-5-7-9-11/h5-9H,4,10,15H2,1-3H3. The van der Waals surface area contributed by atoms with Gasteiger partial charge in [0.05, 0.1) is 6.54 Å². The highest BCUT2D eigenvalue weighted by molar-refractivity contribution is 7.99.